The highest BCUT2D eigenvalue weighted by molar-refractivity contribution is 8.08. The summed E-state index contributed by atoms with van der Waals surface area (Å²) < 4.78 is 0. The first-order valence-corrected chi connectivity index (χ1v) is 6.29. The average Bonchev–Trinajstić information content (AvgIpc) is 2.92. The second-order valence-electron chi connectivity index (χ2n) is 4.17. The van der Waals surface area contributed by atoms with Gasteiger partial charge in [-0.1, -0.05) is 11.8 Å². The number of thioether (sulfide) groups is 1. The Morgan fingerprint density at radius 3 is 2.84 bits per heavy atom. The number of carboxylic acid groups (broad SMARTS) is 1. The summed E-state index contributed by atoms with van der Waals surface area (Å²) in [6.45, 7) is 1.51. The molecule has 9 nitrogen and oxygen atoms in total. The third kappa shape index (κ3) is 1.56. The molecule has 1 saturated heterocycles. The summed E-state index contributed by atoms with van der Waals surface area (Å²) in [6, 6.07) is 0. The Kier molecular flexibility index (Phi) is 2.57. The Bertz CT molecular complexity index is 583. The molecule has 0 aromatic carbocycles. The van der Waals surface area contributed by atoms with Crippen LogP contribution in [0.3, 0.4) is 0 Å². The number of aromatic nitrogens is 4. The molecule has 1 unspecified atom stereocenters. The molecule has 0 spiro atoms. The summed E-state index contributed by atoms with van der Waals surface area (Å²) in [5, 5.41) is 29.5. The number of nitrogens with zero attached hydrogens (tertiary/aromatic N) is 5. The van der Waals surface area contributed by atoms with Crippen molar-refractivity contribution in [3.05, 3.63) is 12.0 Å². The number of β-lactam (4-membered cyclic amide) rings is 1. The van der Waals surface area contributed by atoms with Crippen LogP contribution < -0.4 is 0 Å². The molecule has 3 heterocycles. The lowest BCUT2D eigenvalue weighted by molar-refractivity contribution is -0.156. The van der Waals surface area contributed by atoms with Crippen molar-refractivity contribution in [1.29, 1.82) is 0 Å². The second-order valence-corrected chi connectivity index (χ2v) is 5.27. The average molecular weight is 283 g/mol. The monoisotopic (exact) mass is 283 g/mol. The maximum atomic E-state index is 11.9. The number of rotatable bonds is 3. The number of hydrogen-bond acceptors (Lipinski definition) is 7. The number of hydrogen-bond donors (Lipinski definition) is 2. The Morgan fingerprint density at radius 1 is 1.58 bits per heavy atom. The minimum Gasteiger partial charge on any atom is -0.476 e. The molecule has 3 atom stereocenters. The van der Waals surface area contributed by atoms with Crippen LogP contribution in [0.5, 0.6) is 0 Å². The second kappa shape index (κ2) is 4.03. The van der Waals surface area contributed by atoms with Gasteiger partial charge < -0.3 is 10.2 Å². The van der Waals surface area contributed by atoms with Gasteiger partial charge in [0.25, 0.3) is 0 Å². The minimum atomic E-state index is -1.24. The quantitative estimate of drug-likeness (QED) is 0.663. The summed E-state index contributed by atoms with van der Waals surface area (Å²) in [5.41, 5.74) is -0.171. The molecule has 0 aliphatic carbocycles. The molecule has 10 heteroatoms. The molecule has 1 aromatic heterocycles. The van der Waals surface area contributed by atoms with E-state index in [4.69, 9.17) is 0 Å². The smallest absolute Gasteiger partial charge is 0.355 e. The first-order valence-electron chi connectivity index (χ1n) is 5.41. The van der Waals surface area contributed by atoms with E-state index in [1.54, 1.807) is 0 Å². The van der Waals surface area contributed by atoms with Crippen molar-refractivity contribution in [2.75, 3.05) is 0 Å². The first-order chi connectivity index (χ1) is 9.02. The molecule has 0 bridgehead atoms. The van der Waals surface area contributed by atoms with Gasteiger partial charge >= 0.3 is 5.97 Å². The topological polar surface area (TPSA) is 121 Å². The van der Waals surface area contributed by atoms with Crippen LogP contribution in [0.4, 0.5) is 0 Å². The van der Waals surface area contributed by atoms with E-state index in [0.717, 1.165) is 21.5 Å². The third-order valence-electron chi connectivity index (χ3n) is 3.01. The van der Waals surface area contributed by atoms with Crippen molar-refractivity contribution in [2.45, 2.75) is 18.4 Å². The van der Waals surface area contributed by atoms with E-state index < -0.39 is 29.3 Å². The van der Waals surface area contributed by atoms with Crippen LogP contribution in [0.25, 0.3) is 5.03 Å². The lowest BCUT2D eigenvalue weighted by Gasteiger charge is -2.43. The normalized spacial score (nSPS) is 27.3. The van der Waals surface area contributed by atoms with Gasteiger partial charge in [0.15, 0.2) is 17.1 Å². The maximum absolute atomic E-state index is 11.9. The molecule has 19 heavy (non-hydrogen) atoms. The number of carboxylic acids is 1. The third-order valence-corrected chi connectivity index (χ3v) is 4.34. The molecule has 2 aliphatic heterocycles. The van der Waals surface area contributed by atoms with Gasteiger partial charge in [-0.2, -0.15) is 0 Å². The Labute approximate surface area is 110 Å². The van der Waals surface area contributed by atoms with Crippen molar-refractivity contribution >= 4 is 28.7 Å². The van der Waals surface area contributed by atoms with E-state index in [2.05, 4.69) is 15.4 Å². The fourth-order valence-corrected chi connectivity index (χ4v) is 3.67. The molecule has 1 fully saturated rings. The molecule has 3 rings (SSSR count). The van der Waals surface area contributed by atoms with Crippen LogP contribution >= 0.6 is 11.8 Å². The standard InChI is InChI=1S/C9H9N5O4S/c1-3(15)4-6(16)13-5(9(17)18)8(19-7(4)13)14-11-2-10-12-14/h2-4,7,15H,1H3,(H,17,18)/t3?,4-,7+/m0/s1. The predicted molar refractivity (Wildman–Crippen MR) is 62.1 cm³/mol. The summed E-state index contributed by atoms with van der Waals surface area (Å²) in [6.07, 6.45) is 0.343. The van der Waals surface area contributed by atoms with E-state index in [9.17, 15) is 19.8 Å². The van der Waals surface area contributed by atoms with Crippen LogP contribution in [0.1, 0.15) is 6.92 Å². The van der Waals surface area contributed by atoms with E-state index >= 15 is 0 Å². The van der Waals surface area contributed by atoms with Crippen LogP contribution in [-0.4, -0.2) is 58.7 Å². The fourth-order valence-electron chi connectivity index (χ4n) is 2.16. The Morgan fingerprint density at radius 2 is 2.32 bits per heavy atom. The van der Waals surface area contributed by atoms with E-state index in [1.807, 2.05) is 0 Å². The highest BCUT2D eigenvalue weighted by Gasteiger charge is 2.58. The highest BCUT2D eigenvalue weighted by atomic mass is 32.2. The molecule has 0 saturated carbocycles. The largest absolute Gasteiger partial charge is 0.476 e. The van der Waals surface area contributed by atoms with E-state index in [0.29, 0.717) is 0 Å². The molecule has 1 aromatic rings. The number of fused-ring (bicyclic) bond motifs is 1. The minimum absolute atomic E-state index is 0.171. The highest BCUT2D eigenvalue weighted by Crippen LogP contribution is 2.51. The Hall–Kier alpha value is -1.94. The SMILES string of the molecule is CC(O)[C@H]1C(=O)N2C(C(=O)O)=C(n3ncnn3)S[C@H]12. The molecular formula is C9H9N5O4S. The van der Waals surface area contributed by atoms with E-state index in [-0.39, 0.29) is 10.7 Å². The number of aliphatic hydroxyl groups is 1. The maximum Gasteiger partial charge on any atom is 0.355 e. The first kappa shape index (κ1) is 12.1. The summed E-state index contributed by atoms with van der Waals surface area (Å²) in [5.74, 6) is -2.25. The van der Waals surface area contributed by atoms with Crippen molar-refractivity contribution in [2.24, 2.45) is 5.92 Å². The van der Waals surface area contributed by atoms with Crippen LogP contribution in [0, 0.1) is 5.92 Å². The van der Waals surface area contributed by atoms with Crippen LogP contribution in [-0.2, 0) is 9.59 Å². The van der Waals surface area contributed by atoms with Crippen molar-refractivity contribution < 1.29 is 19.8 Å². The molecule has 100 valence electrons. The van der Waals surface area contributed by atoms with Crippen molar-refractivity contribution in [1.82, 2.24) is 25.1 Å². The summed E-state index contributed by atoms with van der Waals surface area (Å²) >= 11 is 1.14. The van der Waals surface area contributed by atoms with Gasteiger partial charge in [0, 0.05) is 0 Å². The number of aliphatic carboxylic acids is 1. The number of carbonyl (C=O) groups is 2. The van der Waals surface area contributed by atoms with Gasteiger partial charge in [-0.05, 0) is 12.1 Å². The number of amides is 1. The zero-order valence-corrected chi connectivity index (χ0v) is 10.5. The molecule has 1 amide bonds. The lowest BCUT2D eigenvalue weighted by atomic mass is 9.92. The van der Waals surface area contributed by atoms with Crippen molar-refractivity contribution in [3.63, 3.8) is 0 Å². The van der Waals surface area contributed by atoms with Gasteiger partial charge in [0.1, 0.15) is 5.37 Å². The number of tetrazole rings is 1. The molecule has 2 aliphatic rings. The molecule has 2 N–H and O–H groups in total. The van der Waals surface area contributed by atoms with E-state index in [1.165, 1.54) is 13.3 Å². The van der Waals surface area contributed by atoms with Gasteiger partial charge in [-0.15, -0.1) is 15.0 Å². The van der Waals surface area contributed by atoms with Gasteiger partial charge in [-0.25, -0.2) is 4.79 Å². The molecular weight excluding hydrogens is 274 g/mol. The molecule has 0 radical (unpaired) electrons. The van der Waals surface area contributed by atoms with Crippen molar-refractivity contribution in [3.8, 4) is 0 Å². The zero-order chi connectivity index (χ0) is 13.7. The lowest BCUT2D eigenvalue weighted by Crippen LogP contribution is -2.60. The predicted octanol–water partition coefficient (Wildman–Crippen LogP) is -1.20. The van der Waals surface area contributed by atoms with Crippen LogP contribution in [0.15, 0.2) is 12.0 Å². The summed E-state index contributed by atoms with van der Waals surface area (Å²) in [7, 11) is 0. The fraction of sp³-hybridized carbons (Fsp3) is 0.444. The van der Waals surface area contributed by atoms with Gasteiger partial charge in [0.2, 0.25) is 5.91 Å². The Balaban J connectivity index is 2.01. The van der Waals surface area contributed by atoms with Gasteiger partial charge in [-0.3, -0.25) is 9.69 Å². The number of carbonyl (C=O) groups excluding carboxylic acids is 1. The summed E-state index contributed by atoms with van der Waals surface area (Å²) in [4.78, 5) is 25.4. The zero-order valence-electron chi connectivity index (χ0n) is 9.66. The van der Waals surface area contributed by atoms with Crippen LogP contribution in [0.2, 0.25) is 0 Å². The van der Waals surface area contributed by atoms with Gasteiger partial charge in [0.05, 0.1) is 12.0 Å². The number of aliphatic hydroxyl groups excluding tert-OH is 1.